The van der Waals surface area contributed by atoms with Gasteiger partial charge in [-0.2, -0.15) is 18.2 Å². The van der Waals surface area contributed by atoms with Crippen LogP contribution in [0.25, 0.3) is 11.4 Å². The van der Waals surface area contributed by atoms with Crippen LogP contribution in [0.5, 0.6) is 0 Å². The third-order valence-corrected chi connectivity index (χ3v) is 3.58. The molecule has 11 heteroatoms. The molecule has 1 amide bonds. The molecular weight excluding hydrogens is 351 g/mol. The van der Waals surface area contributed by atoms with E-state index >= 15 is 0 Å². The average Bonchev–Trinajstić information content (AvgIpc) is 2.93. The first kappa shape index (κ1) is 17.9. The predicted octanol–water partition coefficient (Wildman–Crippen LogP) is 2.11. The number of sulfone groups is 1. The van der Waals surface area contributed by atoms with E-state index in [1.54, 1.807) is 0 Å². The Bertz CT molecular complexity index is 844. The first-order chi connectivity index (χ1) is 11.0. The minimum Gasteiger partial charge on any atom is -0.329 e. The molecule has 1 aromatic heterocycles. The molecule has 0 fully saturated rings. The van der Waals surface area contributed by atoms with Gasteiger partial charge in [0.05, 0.1) is 0 Å². The van der Waals surface area contributed by atoms with Crippen molar-refractivity contribution in [1.82, 2.24) is 10.1 Å². The summed E-state index contributed by atoms with van der Waals surface area (Å²) in [7, 11) is -3.45. The number of halogens is 3. The molecule has 1 aromatic carbocycles. The minimum absolute atomic E-state index is 0.223. The molecule has 0 N–H and O–H groups in total. The van der Waals surface area contributed by atoms with Crippen LogP contribution >= 0.6 is 0 Å². The predicted molar refractivity (Wildman–Crippen MR) is 77.6 cm³/mol. The van der Waals surface area contributed by atoms with Crippen molar-refractivity contribution in [3.8, 4) is 11.4 Å². The Balaban J connectivity index is 2.29. The van der Waals surface area contributed by atoms with Crippen LogP contribution in [0.4, 0.5) is 18.9 Å². The van der Waals surface area contributed by atoms with Gasteiger partial charge in [0, 0.05) is 24.4 Å². The van der Waals surface area contributed by atoms with E-state index < -0.39 is 33.7 Å². The Morgan fingerprint density at radius 1 is 1.25 bits per heavy atom. The summed E-state index contributed by atoms with van der Waals surface area (Å²) in [4.78, 5) is 15.9. The first-order valence-electron chi connectivity index (χ1n) is 6.44. The molecule has 0 atom stereocenters. The van der Waals surface area contributed by atoms with E-state index in [0.29, 0.717) is 0 Å². The monoisotopic (exact) mass is 363 g/mol. The fraction of sp³-hybridized carbons (Fsp3) is 0.308. The Kier molecular flexibility index (Phi) is 4.65. The van der Waals surface area contributed by atoms with E-state index in [2.05, 4.69) is 14.7 Å². The third-order valence-electron chi connectivity index (χ3n) is 2.85. The Morgan fingerprint density at radius 3 is 2.25 bits per heavy atom. The number of carbonyl (C=O) groups excluding carboxylic acids is 1. The second-order valence-electron chi connectivity index (χ2n) is 4.97. The van der Waals surface area contributed by atoms with E-state index in [1.807, 2.05) is 0 Å². The Morgan fingerprint density at radius 2 is 1.83 bits per heavy atom. The lowest BCUT2D eigenvalue weighted by Crippen LogP contribution is -2.33. The summed E-state index contributed by atoms with van der Waals surface area (Å²) in [6.45, 7) is 1.20. The van der Waals surface area contributed by atoms with Crippen LogP contribution < -0.4 is 4.90 Å². The maximum Gasteiger partial charge on any atom is 0.471 e. The number of benzene rings is 1. The van der Waals surface area contributed by atoms with E-state index in [-0.39, 0.29) is 17.1 Å². The van der Waals surface area contributed by atoms with Crippen LogP contribution in [0.3, 0.4) is 0 Å². The van der Waals surface area contributed by atoms with Crippen molar-refractivity contribution in [1.29, 1.82) is 0 Å². The minimum atomic E-state index is -4.74. The number of nitrogens with zero attached hydrogens (tertiary/aromatic N) is 3. The van der Waals surface area contributed by atoms with E-state index in [0.717, 1.165) is 11.2 Å². The molecule has 0 spiro atoms. The zero-order valence-corrected chi connectivity index (χ0v) is 13.3. The number of anilines is 1. The molecule has 0 bridgehead atoms. The van der Waals surface area contributed by atoms with E-state index in [9.17, 15) is 26.4 Å². The number of hydrogen-bond donors (Lipinski definition) is 0. The van der Waals surface area contributed by atoms with Gasteiger partial charge < -0.3 is 4.52 Å². The number of hydrogen-bond acceptors (Lipinski definition) is 6. The molecule has 1 heterocycles. The number of alkyl halides is 3. The lowest BCUT2D eigenvalue weighted by Gasteiger charge is -2.20. The number of aromatic nitrogens is 2. The van der Waals surface area contributed by atoms with Gasteiger partial charge in [0.25, 0.3) is 0 Å². The van der Waals surface area contributed by atoms with Crippen LogP contribution in [0.2, 0.25) is 0 Å². The lowest BCUT2D eigenvalue weighted by molar-refractivity contribution is -0.159. The summed E-state index contributed by atoms with van der Waals surface area (Å²) in [6.07, 6.45) is -3.76. The molecule has 0 saturated carbocycles. The molecule has 0 saturated heterocycles. The summed E-state index contributed by atoms with van der Waals surface area (Å²) in [5, 5.41) is 3.24. The largest absolute Gasteiger partial charge is 0.471 e. The lowest BCUT2D eigenvalue weighted by atomic mass is 10.2. The van der Waals surface area contributed by atoms with Crippen LogP contribution in [0.15, 0.2) is 28.8 Å². The van der Waals surface area contributed by atoms with Gasteiger partial charge in [0.2, 0.25) is 11.7 Å². The van der Waals surface area contributed by atoms with Crippen LogP contribution in [-0.2, 0) is 20.8 Å². The molecule has 0 aliphatic rings. The maximum atomic E-state index is 12.4. The molecule has 0 radical (unpaired) electrons. The van der Waals surface area contributed by atoms with E-state index in [4.69, 9.17) is 0 Å². The van der Waals surface area contributed by atoms with Crippen molar-refractivity contribution in [2.24, 2.45) is 0 Å². The molecular formula is C13H12F3N3O4S. The van der Waals surface area contributed by atoms with Gasteiger partial charge in [-0.15, -0.1) is 0 Å². The van der Waals surface area contributed by atoms with Crippen molar-refractivity contribution in [3.63, 3.8) is 0 Å². The van der Waals surface area contributed by atoms with Crippen LogP contribution in [-0.4, -0.2) is 36.6 Å². The second kappa shape index (κ2) is 6.23. The highest BCUT2D eigenvalue weighted by molar-refractivity contribution is 7.90. The van der Waals surface area contributed by atoms with Gasteiger partial charge in [-0.25, -0.2) is 8.42 Å². The van der Waals surface area contributed by atoms with Crippen molar-refractivity contribution in [3.05, 3.63) is 30.2 Å². The zero-order chi connectivity index (χ0) is 18.1. The molecule has 2 aromatic rings. The summed E-state index contributed by atoms with van der Waals surface area (Å²) >= 11 is 0. The van der Waals surface area contributed by atoms with Gasteiger partial charge in [-0.1, -0.05) is 5.16 Å². The topological polar surface area (TPSA) is 93.4 Å². The standard InChI is InChI=1S/C13H12F3N3O4S/c1-8(20)19(7-24(2,21)22)10-5-3-9(4-6-10)11-17-12(23-18-11)13(14,15)16/h3-6H,7H2,1-2H3. The summed E-state index contributed by atoms with van der Waals surface area (Å²) in [5.74, 6) is -2.75. The van der Waals surface area contributed by atoms with Gasteiger partial charge in [-0.05, 0) is 24.3 Å². The van der Waals surface area contributed by atoms with Crippen molar-refractivity contribution < 1.29 is 30.9 Å². The highest BCUT2D eigenvalue weighted by atomic mass is 32.2. The smallest absolute Gasteiger partial charge is 0.329 e. The third kappa shape index (κ3) is 4.31. The number of carbonyl (C=O) groups is 1. The molecule has 0 aliphatic heterocycles. The quantitative estimate of drug-likeness (QED) is 0.826. The Labute approximate surface area is 135 Å². The van der Waals surface area contributed by atoms with Crippen LogP contribution in [0.1, 0.15) is 12.8 Å². The molecule has 2 rings (SSSR count). The molecule has 24 heavy (non-hydrogen) atoms. The molecule has 0 unspecified atom stereocenters. The molecule has 0 aliphatic carbocycles. The average molecular weight is 363 g/mol. The number of rotatable bonds is 4. The highest BCUT2D eigenvalue weighted by Gasteiger charge is 2.38. The van der Waals surface area contributed by atoms with Crippen LogP contribution in [0, 0.1) is 0 Å². The van der Waals surface area contributed by atoms with E-state index in [1.165, 1.54) is 31.2 Å². The Hall–Kier alpha value is -2.43. The van der Waals surface area contributed by atoms with Gasteiger partial charge >= 0.3 is 12.1 Å². The van der Waals surface area contributed by atoms with Crippen molar-refractivity contribution in [2.75, 3.05) is 17.0 Å². The number of amides is 1. The molecule has 7 nitrogen and oxygen atoms in total. The molecule has 130 valence electrons. The fourth-order valence-electron chi connectivity index (χ4n) is 1.83. The summed E-state index contributed by atoms with van der Waals surface area (Å²) < 4.78 is 64.2. The zero-order valence-electron chi connectivity index (χ0n) is 12.5. The SMILES string of the molecule is CC(=O)N(CS(C)(=O)=O)c1ccc(-c2noc(C(F)(F)F)n2)cc1. The van der Waals surface area contributed by atoms with Crippen molar-refractivity contribution >= 4 is 21.4 Å². The van der Waals surface area contributed by atoms with Gasteiger partial charge in [0.15, 0.2) is 9.84 Å². The first-order valence-corrected chi connectivity index (χ1v) is 8.50. The van der Waals surface area contributed by atoms with Gasteiger partial charge in [0.1, 0.15) is 5.88 Å². The summed E-state index contributed by atoms with van der Waals surface area (Å²) in [5.41, 5.74) is 0.497. The fourth-order valence-corrected chi connectivity index (χ4v) is 2.63. The second-order valence-corrected chi connectivity index (χ2v) is 7.08. The van der Waals surface area contributed by atoms with Gasteiger partial charge in [-0.3, -0.25) is 9.69 Å². The normalized spacial score (nSPS) is 12.2. The summed E-state index contributed by atoms with van der Waals surface area (Å²) in [6, 6.07) is 5.48. The van der Waals surface area contributed by atoms with Crippen molar-refractivity contribution in [2.45, 2.75) is 13.1 Å². The highest BCUT2D eigenvalue weighted by Crippen LogP contribution is 2.29. The maximum absolute atomic E-state index is 12.4.